The number of aryl methyl sites for hydroxylation is 2. The number of nitrogens with zero attached hydrogens (tertiary/aromatic N) is 2. The summed E-state index contributed by atoms with van der Waals surface area (Å²) in [7, 11) is 0. The predicted molar refractivity (Wildman–Crippen MR) is 67.3 cm³/mol. The summed E-state index contributed by atoms with van der Waals surface area (Å²) in [6.45, 7) is 4.59. The van der Waals surface area contributed by atoms with E-state index in [9.17, 15) is 9.90 Å². The summed E-state index contributed by atoms with van der Waals surface area (Å²) in [5.74, 6) is 0.0341. The monoisotopic (exact) mass is 254 g/mol. The average Bonchev–Trinajstić information content (AvgIpc) is 2.67. The average molecular weight is 254 g/mol. The van der Waals surface area contributed by atoms with E-state index in [-0.39, 0.29) is 18.6 Å². The van der Waals surface area contributed by atoms with Crippen LogP contribution in [0.25, 0.3) is 0 Å². The molecule has 17 heavy (non-hydrogen) atoms. The van der Waals surface area contributed by atoms with Crippen LogP contribution in [0.15, 0.2) is 0 Å². The predicted octanol–water partition coefficient (Wildman–Crippen LogP) is 1.75. The maximum atomic E-state index is 12.4. The number of carbonyl (C=O) groups is 1. The Hall–Kier alpha value is -0.940. The molecule has 0 spiro atoms. The first kappa shape index (κ1) is 12.5. The van der Waals surface area contributed by atoms with E-state index in [4.69, 9.17) is 0 Å². The van der Waals surface area contributed by atoms with Gasteiger partial charge in [0, 0.05) is 6.54 Å². The fourth-order valence-corrected chi connectivity index (χ4v) is 3.19. The molecule has 0 aromatic carbocycles. The highest BCUT2D eigenvalue weighted by atomic mass is 32.1. The first-order chi connectivity index (χ1) is 8.13. The van der Waals surface area contributed by atoms with E-state index in [1.165, 1.54) is 11.3 Å². The number of carbonyl (C=O) groups excluding carboxylic acids is 1. The zero-order valence-corrected chi connectivity index (χ0v) is 11.1. The van der Waals surface area contributed by atoms with E-state index < -0.39 is 0 Å². The first-order valence-electron chi connectivity index (χ1n) is 5.99. The second-order valence-corrected chi connectivity index (χ2v) is 5.68. The zero-order chi connectivity index (χ0) is 12.4. The quantitative estimate of drug-likeness (QED) is 0.874. The third-order valence-electron chi connectivity index (χ3n) is 3.20. The number of hydrogen-bond acceptors (Lipinski definition) is 4. The minimum absolute atomic E-state index is 0.0157. The highest BCUT2D eigenvalue weighted by Crippen LogP contribution is 2.24. The van der Waals surface area contributed by atoms with E-state index in [1.54, 1.807) is 0 Å². The molecule has 0 saturated carbocycles. The molecule has 1 N–H and O–H groups in total. The highest BCUT2D eigenvalue weighted by molar-refractivity contribution is 7.13. The van der Waals surface area contributed by atoms with E-state index >= 15 is 0 Å². The van der Waals surface area contributed by atoms with Gasteiger partial charge >= 0.3 is 0 Å². The Kier molecular flexibility index (Phi) is 3.79. The third kappa shape index (κ3) is 2.50. The van der Waals surface area contributed by atoms with Crippen molar-refractivity contribution in [2.24, 2.45) is 0 Å². The molecule has 1 fully saturated rings. The fourth-order valence-electron chi connectivity index (χ4n) is 2.32. The summed E-state index contributed by atoms with van der Waals surface area (Å²) in [5, 5.41) is 10.2. The number of aliphatic hydroxyl groups is 1. The number of rotatable bonds is 2. The first-order valence-corrected chi connectivity index (χ1v) is 6.81. The van der Waals surface area contributed by atoms with Crippen LogP contribution in [-0.4, -0.2) is 40.1 Å². The van der Waals surface area contributed by atoms with E-state index in [0.717, 1.165) is 41.4 Å². The van der Waals surface area contributed by atoms with Crippen molar-refractivity contribution in [1.82, 2.24) is 9.88 Å². The number of aliphatic hydroxyl groups excluding tert-OH is 1. The van der Waals surface area contributed by atoms with Crippen LogP contribution in [-0.2, 0) is 0 Å². The number of amides is 1. The van der Waals surface area contributed by atoms with Crippen molar-refractivity contribution in [3.05, 3.63) is 15.6 Å². The molecule has 1 atom stereocenters. The highest BCUT2D eigenvalue weighted by Gasteiger charge is 2.28. The molecule has 1 aliphatic rings. The van der Waals surface area contributed by atoms with Crippen molar-refractivity contribution >= 4 is 17.2 Å². The van der Waals surface area contributed by atoms with Crippen molar-refractivity contribution in [3.63, 3.8) is 0 Å². The molecular formula is C12H18N2O2S. The van der Waals surface area contributed by atoms with Crippen LogP contribution in [0, 0.1) is 13.8 Å². The lowest BCUT2D eigenvalue weighted by molar-refractivity contribution is 0.0507. The molecule has 94 valence electrons. The van der Waals surface area contributed by atoms with Crippen LogP contribution in [0.3, 0.4) is 0 Å². The van der Waals surface area contributed by atoms with Crippen LogP contribution >= 0.6 is 11.3 Å². The van der Waals surface area contributed by atoms with Crippen LogP contribution < -0.4 is 0 Å². The summed E-state index contributed by atoms with van der Waals surface area (Å²) >= 11 is 1.44. The zero-order valence-electron chi connectivity index (χ0n) is 10.3. The summed E-state index contributed by atoms with van der Waals surface area (Å²) in [5.41, 5.74) is 0.805. The molecule has 0 aliphatic carbocycles. The topological polar surface area (TPSA) is 53.4 Å². The summed E-state index contributed by atoms with van der Waals surface area (Å²) in [6, 6.07) is -0.0157. The van der Waals surface area contributed by atoms with Gasteiger partial charge in [-0.3, -0.25) is 4.79 Å². The molecule has 0 bridgehead atoms. The van der Waals surface area contributed by atoms with Gasteiger partial charge in [0.15, 0.2) is 0 Å². The van der Waals surface area contributed by atoms with Crippen molar-refractivity contribution < 1.29 is 9.90 Å². The molecule has 1 unspecified atom stereocenters. The Labute approximate surface area is 105 Å². The smallest absolute Gasteiger partial charge is 0.266 e. The number of aromatic nitrogens is 1. The standard InChI is InChI=1S/C12H18N2O2S/c1-8-11(17-9(2)13-8)12(16)14-6-4-3-5-10(14)7-15/h10,15H,3-7H2,1-2H3. The molecular weight excluding hydrogens is 236 g/mol. The SMILES string of the molecule is Cc1nc(C)c(C(=O)N2CCCCC2CO)s1. The minimum Gasteiger partial charge on any atom is -0.394 e. The molecule has 5 heteroatoms. The lowest BCUT2D eigenvalue weighted by Gasteiger charge is -2.34. The minimum atomic E-state index is -0.0157. The second-order valence-electron chi connectivity index (χ2n) is 4.48. The maximum absolute atomic E-state index is 12.4. The lowest BCUT2D eigenvalue weighted by atomic mass is 10.0. The van der Waals surface area contributed by atoms with E-state index in [0.29, 0.717) is 0 Å². The molecule has 4 nitrogen and oxygen atoms in total. The Morgan fingerprint density at radius 3 is 2.88 bits per heavy atom. The third-order valence-corrected chi connectivity index (χ3v) is 4.26. The van der Waals surface area contributed by atoms with Crippen LogP contribution in [0.4, 0.5) is 0 Å². The van der Waals surface area contributed by atoms with Gasteiger partial charge in [0.05, 0.1) is 23.4 Å². The Bertz CT molecular complexity index is 417. The van der Waals surface area contributed by atoms with Crippen LogP contribution in [0.5, 0.6) is 0 Å². The molecule has 1 saturated heterocycles. The fraction of sp³-hybridized carbons (Fsp3) is 0.667. The maximum Gasteiger partial charge on any atom is 0.266 e. The van der Waals surface area contributed by atoms with E-state index in [1.807, 2.05) is 18.7 Å². The van der Waals surface area contributed by atoms with Gasteiger partial charge in [-0.25, -0.2) is 4.98 Å². The molecule has 1 amide bonds. The number of thiazole rings is 1. The number of hydrogen-bond donors (Lipinski definition) is 1. The second kappa shape index (κ2) is 5.14. The Balaban J connectivity index is 2.21. The summed E-state index contributed by atoms with van der Waals surface area (Å²) in [4.78, 5) is 19.2. The largest absolute Gasteiger partial charge is 0.394 e. The number of piperidine rings is 1. The van der Waals surface area contributed by atoms with E-state index in [2.05, 4.69) is 4.98 Å². The molecule has 1 aromatic rings. The van der Waals surface area contributed by atoms with Crippen LogP contribution in [0.1, 0.15) is 39.6 Å². The summed E-state index contributed by atoms with van der Waals surface area (Å²) in [6.07, 6.45) is 3.02. The van der Waals surface area contributed by atoms with Crippen molar-refractivity contribution in [1.29, 1.82) is 0 Å². The van der Waals surface area contributed by atoms with Gasteiger partial charge in [-0.2, -0.15) is 0 Å². The van der Waals surface area contributed by atoms with Crippen LogP contribution in [0.2, 0.25) is 0 Å². The lowest BCUT2D eigenvalue weighted by Crippen LogP contribution is -2.45. The van der Waals surface area contributed by atoms with Gasteiger partial charge < -0.3 is 10.0 Å². The number of likely N-dealkylation sites (tertiary alicyclic amines) is 1. The molecule has 2 heterocycles. The van der Waals surface area contributed by atoms with Gasteiger partial charge in [0.2, 0.25) is 0 Å². The van der Waals surface area contributed by atoms with Gasteiger partial charge in [-0.05, 0) is 33.1 Å². The van der Waals surface area contributed by atoms with Gasteiger partial charge in [0.25, 0.3) is 5.91 Å². The Morgan fingerprint density at radius 2 is 2.29 bits per heavy atom. The van der Waals surface area contributed by atoms with Gasteiger partial charge in [0.1, 0.15) is 4.88 Å². The van der Waals surface area contributed by atoms with Gasteiger partial charge in [-0.15, -0.1) is 11.3 Å². The van der Waals surface area contributed by atoms with Crippen molar-refractivity contribution in [3.8, 4) is 0 Å². The molecule has 1 aromatic heterocycles. The Morgan fingerprint density at radius 1 is 1.53 bits per heavy atom. The van der Waals surface area contributed by atoms with Crippen molar-refractivity contribution in [2.75, 3.05) is 13.2 Å². The summed E-state index contributed by atoms with van der Waals surface area (Å²) < 4.78 is 0. The molecule has 0 radical (unpaired) electrons. The van der Waals surface area contributed by atoms with Gasteiger partial charge in [-0.1, -0.05) is 0 Å². The molecule has 2 rings (SSSR count). The van der Waals surface area contributed by atoms with Crippen molar-refractivity contribution in [2.45, 2.75) is 39.2 Å². The molecule has 1 aliphatic heterocycles. The normalized spacial score (nSPS) is 20.6.